The first-order valence-electron chi connectivity index (χ1n) is 7.07. The molecule has 0 bridgehead atoms. The number of hydrogen-bond donors (Lipinski definition) is 1. The number of halogens is 3. The van der Waals surface area contributed by atoms with Crippen molar-refractivity contribution in [2.45, 2.75) is 0 Å². The van der Waals surface area contributed by atoms with Crippen molar-refractivity contribution >= 4 is 58.0 Å². The Hall–Kier alpha value is -2.21. The van der Waals surface area contributed by atoms with Gasteiger partial charge in [0.05, 0.1) is 12.8 Å². The molecule has 25 heavy (non-hydrogen) atoms. The van der Waals surface area contributed by atoms with Gasteiger partial charge >= 0.3 is 0 Å². The molecule has 8 heteroatoms. The first-order chi connectivity index (χ1) is 11.9. The molecule has 0 saturated carbocycles. The van der Waals surface area contributed by atoms with Gasteiger partial charge < -0.3 is 10.1 Å². The van der Waals surface area contributed by atoms with Gasteiger partial charge in [0.2, 0.25) is 0 Å². The van der Waals surface area contributed by atoms with Gasteiger partial charge in [-0.05, 0) is 36.4 Å². The van der Waals surface area contributed by atoms with Crippen LogP contribution in [0, 0.1) is 0 Å². The molecular weight excluding hydrogens is 387 g/mol. The van der Waals surface area contributed by atoms with E-state index in [4.69, 9.17) is 39.5 Å². The number of benzene rings is 2. The smallest absolute Gasteiger partial charge is 0.283 e. The van der Waals surface area contributed by atoms with Crippen molar-refractivity contribution < 1.29 is 14.3 Å². The third kappa shape index (κ3) is 3.31. The van der Waals surface area contributed by atoms with Crippen LogP contribution >= 0.6 is 34.8 Å². The molecule has 2 aromatic rings. The van der Waals surface area contributed by atoms with Crippen LogP contribution in [0.3, 0.4) is 0 Å². The van der Waals surface area contributed by atoms with E-state index in [1.807, 2.05) is 0 Å². The Kier molecular flexibility index (Phi) is 4.90. The largest absolute Gasteiger partial charge is 0.495 e. The molecule has 0 saturated heterocycles. The van der Waals surface area contributed by atoms with Gasteiger partial charge in [0.15, 0.2) is 0 Å². The number of amides is 2. The average Bonchev–Trinajstić information content (AvgIpc) is 2.78. The molecule has 3 rings (SSSR count). The number of ether oxygens (including phenoxy) is 1. The molecule has 5 nitrogen and oxygen atoms in total. The number of hydrogen-bond acceptors (Lipinski definition) is 4. The SMILES string of the molecule is COc1ccc(Cl)cc1N1C(=O)C(Cl)=C(Nc2cccc(Cl)c2)C1=O. The molecule has 1 N–H and O–H groups in total. The van der Waals surface area contributed by atoms with E-state index in [9.17, 15) is 9.59 Å². The predicted octanol–water partition coefficient (Wildman–Crippen LogP) is 4.44. The van der Waals surface area contributed by atoms with E-state index in [1.54, 1.807) is 36.4 Å². The summed E-state index contributed by atoms with van der Waals surface area (Å²) in [4.78, 5) is 26.2. The Labute approximate surface area is 158 Å². The number of methoxy groups -OCH3 is 1. The Morgan fingerprint density at radius 3 is 2.36 bits per heavy atom. The number of rotatable bonds is 4. The summed E-state index contributed by atoms with van der Waals surface area (Å²) in [5.74, 6) is -0.966. The molecule has 0 spiro atoms. The highest BCUT2D eigenvalue weighted by Crippen LogP contribution is 2.37. The number of anilines is 2. The Morgan fingerprint density at radius 1 is 0.960 bits per heavy atom. The maximum absolute atomic E-state index is 12.8. The summed E-state index contributed by atoms with van der Waals surface area (Å²) < 4.78 is 5.21. The van der Waals surface area contributed by atoms with E-state index >= 15 is 0 Å². The number of carbonyl (C=O) groups excluding carboxylic acids is 2. The molecule has 0 aromatic heterocycles. The van der Waals surface area contributed by atoms with Crippen LogP contribution in [0.15, 0.2) is 53.2 Å². The second-order valence-electron chi connectivity index (χ2n) is 5.09. The lowest BCUT2D eigenvalue weighted by molar-refractivity contribution is -0.120. The minimum Gasteiger partial charge on any atom is -0.495 e. The van der Waals surface area contributed by atoms with E-state index in [1.165, 1.54) is 13.2 Å². The van der Waals surface area contributed by atoms with Crippen LogP contribution in [0.25, 0.3) is 0 Å². The summed E-state index contributed by atoms with van der Waals surface area (Å²) in [6, 6.07) is 11.3. The molecule has 1 aliphatic rings. The summed E-state index contributed by atoms with van der Waals surface area (Å²) >= 11 is 18.0. The topological polar surface area (TPSA) is 58.6 Å². The zero-order valence-electron chi connectivity index (χ0n) is 12.8. The predicted molar refractivity (Wildman–Crippen MR) is 98.5 cm³/mol. The van der Waals surface area contributed by atoms with Gasteiger partial charge in [-0.1, -0.05) is 40.9 Å². The molecule has 0 aliphatic carbocycles. The second-order valence-corrected chi connectivity index (χ2v) is 6.34. The zero-order chi connectivity index (χ0) is 18.1. The summed E-state index contributed by atoms with van der Waals surface area (Å²) in [7, 11) is 1.43. The van der Waals surface area contributed by atoms with E-state index in [2.05, 4.69) is 5.32 Å². The van der Waals surface area contributed by atoms with Crippen LogP contribution in [0.2, 0.25) is 10.0 Å². The summed E-state index contributed by atoms with van der Waals surface area (Å²) in [5.41, 5.74) is 0.698. The van der Waals surface area contributed by atoms with Crippen LogP contribution in [-0.4, -0.2) is 18.9 Å². The molecule has 2 aromatic carbocycles. The van der Waals surface area contributed by atoms with Gasteiger partial charge in [-0.2, -0.15) is 0 Å². The maximum atomic E-state index is 12.8. The maximum Gasteiger partial charge on any atom is 0.283 e. The number of nitrogens with zero attached hydrogens (tertiary/aromatic N) is 1. The minimum atomic E-state index is -0.670. The van der Waals surface area contributed by atoms with Crippen molar-refractivity contribution in [2.24, 2.45) is 0 Å². The van der Waals surface area contributed by atoms with Crippen LogP contribution in [-0.2, 0) is 9.59 Å². The third-order valence-corrected chi connectivity index (χ3v) is 4.32. The third-order valence-electron chi connectivity index (χ3n) is 3.50. The number of nitrogens with one attached hydrogen (secondary N) is 1. The normalized spacial score (nSPS) is 14.3. The monoisotopic (exact) mass is 396 g/mol. The minimum absolute atomic E-state index is 0.0454. The second kappa shape index (κ2) is 6.96. The highest BCUT2D eigenvalue weighted by atomic mass is 35.5. The fraction of sp³-hybridized carbons (Fsp3) is 0.0588. The molecule has 0 fully saturated rings. The van der Waals surface area contributed by atoms with Gasteiger partial charge in [-0.25, -0.2) is 4.90 Å². The Bertz CT molecular complexity index is 912. The first-order valence-corrected chi connectivity index (χ1v) is 8.20. The summed E-state index contributed by atoms with van der Waals surface area (Å²) in [6.07, 6.45) is 0. The van der Waals surface area contributed by atoms with Crippen molar-refractivity contribution in [1.29, 1.82) is 0 Å². The van der Waals surface area contributed by atoms with E-state index in [0.29, 0.717) is 21.5 Å². The molecule has 0 radical (unpaired) electrons. The molecule has 2 amide bonds. The highest BCUT2D eigenvalue weighted by molar-refractivity contribution is 6.53. The fourth-order valence-electron chi connectivity index (χ4n) is 2.38. The van der Waals surface area contributed by atoms with Crippen LogP contribution in [0.5, 0.6) is 5.75 Å². The van der Waals surface area contributed by atoms with Crippen LogP contribution < -0.4 is 15.0 Å². The Balaban J connectivity index is 1.98. The number of carbonyl (C=O) groups is 2. The summed E-state index contributed by atoms with van der Waals surface area (Å²) in [5, 5.41) is 3.44. The van der Waals surface area contributed by atoms with Gasteiger partial charge in [0, 0.05) is 15.7 Å². The quantitative estimate of drug-likeness (QED) is 0.775. The Morgan fingerprint density at radius 2 is 1.68 bits per heavy atom. The van der Waals surface area contributed by atoms with E-state index in [0.717, 1.165) is 4.90 Å². The molecule has 0 atom stereocenters. The molecule has 128 valence electrons. The van der Waals surface area contributed by atoms with E-state index < -0.39 is 11.8 Å². The highest BCUT2D eigenvalue weighted by Gasteiger charge is 2.40. The lowest BCUT2D eigenvalue weighted by Gasteiger charge is -2.18. The van der Waals surface area contributed by atoms with Crippen molar-refractivity contribution in [3.63, 3.8) is 0 Å². The molecular formula is C17H11Cl3N2O3. The molecule has 0 unspecified atom stereocenters. The molecule has 1 heterocycles. The van der Waals surface area contributed by atoms with Crippen molar-refractivity contribution in [3.8, 4) is 5.75 Å². The zero-order valence-corrected chi connectivity index (χ0v) is 15.1. The van der Waals surface area contributed by atoms with Crippen molar-refractivity contribution in [1.82, 2.24) is 0 Å². The van der Waals surface area contributed by atoms with E-state index in [-0.39, 0.29) is 16.4 Å². The number of imide groups is 1. The average molecular weight is 398 g/mol. The first kappa shape index (κ1) is 17.6. The van der Waals surface area contributed by atoms with Gasteiger partial charge in [-0.15, -0.1) is 0 Å². The molecule has 1 aliphatic heterocycles. The fourth-order valence-corrected chi connectivity index (χ4v) is 2.95. The van der Waals surface area contributed by atoms with Crippen LogP contribution in [0.1, 0.15) is 0 Å². The standard InChI is InChI=1S/C17H11Cl3N2O3/c1-25-13-6-5-10(19)8-12(13)22-16(23)14(20)15(17(22)24)21-11-4-2-3-9(18)7-11/h2-8,21H,1H3. The van der Waals surface area contributed by atoms with Crippen molar-refractivity contribution in [3.05, 3.63) is 63.2 Å². The lowest BCUT2D eigenvalue weighted by atomic mass is 10.2. The van der Waals surface area contributed by atoms with Crippen LogP contribution in [0.4, 0.5) is 11.4 Å². The lowest BCUT2D eigenvalue weighted by Crippen LogP contribution is -2.32. The van der Waals surface area contributed by atoms with Gasteiger partial charge in [-0.3, -0.25) is 9.59 Å². The van der Waals surface area contributed by atoms with Gasteiger partial charge in [0.1, 0.15) is 16.5 Å². The summed E-state index contributed by atoms with van der Waals surface area (Å²) in [6.45, 7) is 0. The van der Waals surface area contributed by atoms with Crippen molar-refractivity contribution in [2.75, 3.05) is 17.3 Å². The van der Waals surface area contributed by atoms with Gasteiger partial charge in [0.25, 0.3) is 11.8 Å².